The Balaban J connectivity index is 1.82. The third-order valence-corrected chi connectivity index (χ3v) is 4.00. The summed E-state index contributed by atoms with van der Waals surface area (Å²) < 4.78 is 33.5. The lowest BCUT2D eigenvalue weighted by Crippen LogP contribution is -2.41. The first-order valence-electron chi connectivity index (χ1n) is 7.93. The SMILES string of the molecule is O=C(O)c1cc(C(=O)Nc2ccn(C3OC(CO)C(O)C3(F)F)c(=O)n2)ncn1. The number of aromatic nitrogens is 4. The Labute approximate surface area is 159 Å². The Morgan fingerprint density at radius 3 is 2.59 bits per heavy atom. The van der Waals surface area contributed by atoms with Crippen molar-refractivity contribution in [3.63, 3.8) is 0 Å². The summed E-state index contributed by atoms with van der Waals surface area (Å²) in [6, 6.07) is 1.90. The first-order valence-corrected chi connectivity index (χ1v) is 7.93. The van der Waals surface area contributed by atoms with Gasteiger partial charge < -0.3 is 25.4 Å². The van der Waals surface area contributed by atoms with Gasteiger partial charge in [-0.3, -0.25) is 9.36 Å². The number of aliphatic hydroxyl groups is 2. The first-order chi connectivity index (χ1) is 13.6. The zero-order valence-electron chi connectivity index (χ0n) is 14.3. The number of halogens is 2. The van der Waals surface area contributed by atoms with Crippen LogP contribution in [0.3, 0.4) is 0 Å². The number of ether oxygens (including phenoxy) is 1. The second-order valence-electron chi connectivity index (χ2n) is 5.88. The fraction of sp³-hybridized carbons (Fsp3) is 0.333. The number of hydrogen-bond donors (Lipinski definition) is 4. The molecule has 3 heterocycles. The van der Waals surface area contributed by atoms with Gasteiger partial charge in [0.2, 0.25) is 6.23 Å². The molecule has 0 saturated carbocycles. The minimum Gasteiger partial charge on any atom is -0.477 e. The van der Waals surface area contributed by atoms with E-state index in [4.69, 9.17) is 14.9 Å². The molecule has 2 aromatic rings. The van der Waals surface area contributed by atoms with E-state index in [1.54, 1.807) is 0 Å². The number of carboxylic acid groups (broad SMARTS) is 1. The Bertz CT molecular complexity index is 1010. The van der Waals surface area contributed by atoms with Crippen LogP contribution in [0.4, 0.5) is 14.6 Å². The van der Waals surface area contributed by atoms with Crippen LogP contribution in [0, 0.1) is 0 Å². The molecule has 3 unspecified atom stereocenters. The van der Waals surface area contributed by atoms with E-state index < -0.39 is 54.2 Å². The van der Waals surface area contributed by atoms with Crippen LogP contribution in [0.15, 0.2) is 29.5 Å². The number of amides is 1. The summed E-state index contributed by atoms with van der Waals surface area (Å²) in [4.78, 5) is 45.6. The number of anilines is 1. The molecule has 1 aliphatic heterocycles. The Kier molecular flexibility index (Phi) is 5.32. The predicted octanol–water partition coefficient (Wildman–Crippen LogP) is -1.13. The molecule has 154 valence electrons. The third kappa shape index (κ3) is 3.80. The molecule has 1 amide bonds. The highest BCUT2D eigenvalue weighted by Gasteiger charge is 2.59. The van der Waals surface area contributed by atoms with Crippen molar-refractivity contribution in [3.05, 3.63) is 46.5 Å². The van der Waals surface area contributed by atoms with Crippen LogP contribution >= 0.6 is 0 Å². The normalized spacial score (nSPS) is 23.0. The molecule has 0 spiro atoms. The van der Waals surface area contributed by atoms with Crippen LogP contribution in [0.25, 0.3) is 0 Å². The minimum atomic E-state index is -3.88. The molecule has 1 saturated heterocycles. The summed E-state index contributed by atoms with van der Waals surface area (Å²) in [7, 11) is 0. The van der Waals surface area contributed by atoms with Gasteiger partial charge in [0.25, 0.3) is 5.91 Å². The average Bonchev–Trinajstić information content (AvgIpc) is 2.91. The van der Waals surface area contributed by atoms with Gasteiger partial charge in [0.15, 0.2) is 11.8 Å². The number of rotatable bonds is 5. The molecule has 3 atom stereocenters. The van der Waals surface area contributed by atoms with E-state index in [1.165, 1.54) is 0 Å². The maximum atomic E-state index is 14.1. The maximum absolute atomic E-state index is 14.1. The van der Waals surface area contributed by atoms with E-state index in [0.717, 1.165) is 24.7 Å². The van der Waals surface area contributed by atoms with Gasteiger partial charge in [0.05, 0.1) is 6.61 Å². The van der Waals surface area contributed by atoms with E-state index >= 15 is 0 Å². The molecule has 1 fully saturated rings. The van der Waals surface area contributed by atoms with Gasteiger partial charge in [0, 0.05) is 12.3 Å². The molecule has 0 aromatic carbocycles. The molecule has 29 heavy (non-hydrogen) atoms. The van der Waals surface area contributed by atoms with Crippen molar-refractivity contribution in [1.82, 2.24) is 19.5 Å². The van der Waals surface area contributed by atoms with Gasteiger partial charge in [-0.25, -0.2) is 19.6 Å². The van der Waals surface area contributed by atoms with Crippen LogP contribution in [0.2, 0.25) is 0 Å². The highest BCUT2D eigenvalue weighted by atomic mass is 19.3. The number of alkyl halides is 2. The summed E-state index contributed by atoms with van der Waals surface area (Å²) in [6.45, 7) is -0.888. The second-order valence-corrected chi connectivity index (χ2v) is 5.88. The molecule has 3 rings (SSSR count). The molecule has 0 radical (unpaired) electrons. The highest BCUT2D eigenvalue weighted by molar-refractivity contribution is 6.03. The van der Waals surface area contributed by atoms with E-state index in [9.17, 15) is 28.3 Å². The quantitative estimate of drug-likeness (QED) is 0.469. The first kappa shape index (κ1) is 20.4. The topological polar surface area (TPSA) is 177 Å². The number of nitrogens with zero attached hydrogens (tertiary/aromatic N) is 4. The zero-order chi connectivity index (χ0) is 21.3. The monoisotopic (exact) mass is 413 g/mol. The van der Waals surface area contributed by atoms with E-state index in [1.807, 2.05) is 0 Å². The maximum Gasteiger partial charge on any atom is 0.354 e. The van der Waals surface area contributed by atoms with Crippen molar-refractivity contribution >= 4 is 17.7 Å². The number of aromatic carboxylic acids is 1. The van der Waals surface area contributed by atoms with Crippen LogP contribution in [0.5, 0.6) is 0 Å². The summed E-state index contributed by atoms with van der Waals surface area (Å²) in [5.41, 5.74) is -2.00. The lowest BCUT2D eigenvalue weighted by Gasteiger charge is -2.21. The van der Waals surface area contributed by atoms with Crippen molar-refractivity contribution in [2.75, 3.05) is 11.9 Å². The van der Waals surface area contributed by atoms with Crippen LogP contribution in [-0.2, 0) is 4.74 Å². The van der Waals surface area contributed by atoms with E-state index in [-0.39, 0.29) is 11.5 Å². The van der Waals surface area contributed by atoms with E-state index in [0.29, 0.717) is 4.57 Å². The number of nitrogens with one attached hydrogen (secondary N) is 1. The van der Waals surface area contributed by atoms with Gasteiger partial charge in [0.1, 0.15) is 23.9 Å². The average molecular weight is 413 g/mol. The largest absolute Gasteiger partial charge is 0.477 e. The predicted molar refractivity (Wildman–Crippen MR) is 87.4 cm³/mol. The molecule has 12 nitrogen and oxygen atoms in total. The molecule has 4 N–H and O–H groups in total. The van der Waals surface area contributed by atoms with Gasteiger partial charge in [-0.05, 0) is 6.07 Å². The number of carboxylic acids is 1. The third-order valence-electron chi connectivity index (χ3n) is 4.00. The highest BCUT2D eigenvalue weighted by Crippen LogP contribution is 2.41. The fourth-order valence-corrected chi connectivity index (χ4v) is 2.56. The van der Waals surface area contributed by atoms with Gasteiger partial charge >= 0.3 is 17.6 Å². The molecule has 0 aliphatic carbocycles. The Morgan fingerprint density at radius 2 is 2.00 bits per heavy atom. The van der Waals surface area contributed by atoms with Crippen molar-refractivity contribution in [3.8, 4) is 0 Å². The minimum absolute atomic E-state index is 0.327. The zero-order valence-corrected chi connectivity index (χ0v) is 14.3. The molecule has 0 bridgehead atoms. The fourth-order valence-electron chi connectivity index (χ4n) is 2.56. The van der Waals surface area contributed by atoms with Crippen molar-refractivity contribution in [1.29, 1.82) is 0 Å². The Hall–Kier alpha value is -3.36. The summed E-state index contributed by atoms with van der Waals surface area (Å²) in [6.07, 6.45) is -4.42. The summed E-state index contributed by atoms with van der Waals surface area (Å²) in [5, 5.41) is 29.5. The summed E-state index contributed by atoms with van der Waals surface area (Å²) in [5.74, 6) is -6.51. The van der Waals surface area contributed by atoms with Crippen molar-refractivity contribution in [2.24, 2.45) is 0 Å². The standard InChI is InChI=1S/C15H13F2N5O7/c16-15(17)10(24)8(4-23)29-13(15)22-2-1-9(21-14(22)28)20-11(25)6-3-7(12(26)27)19-5-18-6/h1-3,5,8,10,13,23-24H,4H2,(H,26,27)(H,20,21,25,28). The lowest BCUT2D eigenvalue weighted by molar-refractivity contribution is -0.140. The van der Waals surface area contributed by atoms with Crippen LogP contribution in [-0.4, -0.2) is 71.5 Å². The second kappa shape index (κ2) is 7.57. The van der Waals surface area contributed by atoms with Gasteiger partial charge in [-0.2, -0.15) is 13.8 Å². The van der Waals surface area contributed by atoms with E-state index in [2.05, 4.69) is 20.3 Å². The summed E-state index contributed by atoms with van der Waals surface area (Å²) >= 11 is 0. The number of carbonyl (C=O) groups excluding carboxylic acids is 1. The van der Waals surface area contributed by atoms with Crippen LogP contribution < -0.4 is 11.0 Å². The molecular weight excluding hydrogens is 400 g/mol. The van der Waals surface area contributed by atoms with Crippen LogP contribution in [0.1, 0.15) is 27.2 Å². The Morgan fingerprint density at radius 1 is 1.31 bits per heavy atom. The molecule has 1 aliphatic rings. The smallest absolute Gasteiger partial charge is 0.354 e. The van der Waals surface area contributed by atoms with Crippen molar-refractivity contribution < 1.29 is 38.4 Å². The number of carbonyl (C=O) groups is 2. The molecule has 2 aromatic heterocycles. The van der Waals surface area contributed by atoms with Gasteiger partial charge in [-0.15, -0.1) is 0 Å². The number of aliphatic hydroxyl groups excluding tert-OH is 2. The number of hydrogen-bond acceptors (Lipinski definition) is 9. The van der Waals surface area contributed by atoms with Gasteiger partial charge in [-0.1, -0.05) is 0 Å². The van der Waals surface area contributed by atoms with Crippen molar-refractivity contribution in [2.45, 2.75) is 24.4 Å². The molecule has 14 heteroatoms. The molecular formula is C15H13F2N5O7. The lowest BCUT2D eigenvalue weighted by atomic mass is 10.1.